The highest BCUT2D eigenvalue weighted by Gasteiger charge is 2.48. The van der Waals surface area contributed by atoms with Gasteiger partial charge in [0.1, 0.15) is 0 Å². The Morgan fingerprint density at radius 3 is 1.79 bits per heavy atom. The number of rotatable bonds is 4. The van der Waals surface area contributed by atoms with Crippen molar-refractivity contribution >= 4 is 28.8 Å². The molecule has 180 valence electrons. The standard InChI is InChI=1S/C36H27NSi/c1-26-12-10-20-34(37-26)29-14-11-13-27(24-29)28-22-23-33-32-19-8-9-21-35(32)38(36(33)25-28,30-15-4-2-5-16-30)31-17-6-3-7-18-31/h2-25H,1H3. The van der Waals surface area contributed by atoms with Crippen LogP contribution in [0.4, 0.5) is 0 Å². The van der Waals surface area contributed by atoms with Gasteiger partial charge in [0.2, 0.25) is 0 Å². The van der Waals surface area contributed by atoms with Crippen molar-refractivity contribution in [3.63, 3.8) is 0 Å². The van der Waals surface area contributed by atoms with Gasteiger partial charge in [-0.2, -0.15) is 0 Å². The summed E-state index contributed by atoms with van der Waals surface area (Å²) in [5, 5.41) is 5.79. The van der Waals surface area contributed by atoms with Gasteiger partial charge in [0.25, 0.3) is 0 Å². The van der Waals surface area contributed by atoms with Crippen LogP contribution in [0.2, 0.25) is 0 Å². The largest absolute Gasteiger partial charge is 0.253 e. The van der Waals surface area contributed by atoms with Crippen LogP contribution in [-0.2, 0) is 0 Å². The first kappa shape index (κ1) is 22.6. The Morgan fingerprint density at radius 1 is 0.447 bits per heavy atom. The summed E-state index contributed by atoms with van der Waals surface area (Å²) in [6.45, 7) is 2.04. The van der Waals surface area contributed by atoms with Crippen LogP contribution >= 0.6 is 0 Å². The molecule has 0 atom stereocenters. The average Bonchev–Trinajstić information content (AvgIpc) is 3.29. The molecule has 2 heteroatoms. The third-order valence-corrected chi connectivity index (χ3v) is 12.7. The summed E-state index contributed by atoms with van der Waals surface area (Å²) >= 11 is 0. The van der Waals surface area contributed by atoms with E-state index >= 15 is 0 Å². The second kappa shape index (κ2) is 9.09. The first-order valence-corrected chi connectivity index (χ1v) is 15.1. The molecular weight excluding hydrogens is 474 g/mol. The Labute approximate surface area is 225 Å². The molecule has 0 fully saturated rings. The minimum Gasteiger partial charge on any atom is -0.253 e. The van der Waals surface area contributed by atoms with Crippen molar-refractivity contribution in [2.45, 2.75) is 6.92 Å². The Bertz CT molecular complexity index is 1730. The molecule has 0 unspecified atom stereocenters. The number of nitrogens with zero attached hydrogens (tertiary/aromatic N) is 1. The van der Waals surface area contributed by atoms with Gasteiger partial charge in [0.15, 0.2) is 8.07 Å². The van der Waals surface area contributed by atoms with Crippen molar-refractivity contribution < 1.29 is 0 Å². The normalized spacial score (nSPS) is 13.1. The van der Waals surface area contributed by atoms with Crippen LogP contribution in [0.25, 0.3) is 33.5 Å². The molecule has 0 N–H and O–H groups in total. The van der Waals surface area contributed by atoms with Crippen molar-refractivity contribution in [1.29, 1.82) is 0 Å². The van der Waals surface area contributed by atoms with Crippen LogP contribution in [0.1, 0.15) is 5.69 Å². The third kappa shape index (κ3) is 3.49. The van der Waals surface area contributed by atoms with Crippen molar-refractivity contribution in [2.24, 2.45) is 0 Å². The van der Waals surface area contributed by atoms with E-state index in [0.29, 0.717) is 0 Å². The molecule has 0 radical (unpaired) electrons. The van der Waals surface area contributed by atoms with Crippen LogP contribution in [0.5, 0.6) is 0 Å². The van der Waals surface area contributed by atoms with Crippen molar-refractivity contribution in [2.75, 3.05) is 0 Å². The van der Waals surface area contributed by atoms with Crippen molar-refractivity contribution in [1.82, 2.24) is 4.98 Å². The lowest BCUT2D eigenvalue weighted by Gasteiger charge is -2.31. The maximum Gasteiger partial charge on any atom is 0.180 e. The van der Waals surface area contributed by atoms with Crippen molar-refractivity contribution in [3.8, 4) is 33.5 Å². The molecule has 0 bridgehead atoms. The maximum atomic E-state index is 4.77. The van der Waals surface area contributed by atoms with E-state index in [4.69, 9.17) is 4.98 Å². The van der Waals surface area contributed by atoms with E-state index in [1.54, 1.807) is 0 Å². The molecule has 0 saturated carbocycles. The Hall–Kier alpha value is -4.53. The summed E-state index contributed by atoms with van der Waals surface area (Å²) in [6, 6.07) is 53.5. The number of benzene rings is 5. The Morgan fingerprint density at radius 2 is 1.05 bits per heavy atom. The molecular formula is C36H27NSi. The lowest BCUT2D eigenvalue weighted by Crippen LogP contribution is -2.72. The fourth-order valence-corrected chi connectivity index (χ4v) is 11.4. The zero-order valence-electron chi connectivity index (χ0n) is 21.3. The first-order chi connectivity index (χ1) is 18.7. The zero-order valence-corrected chi connectivity index (χ0v) is 22.3. The number of fused-ring (bicyclic) bond motifs is 3. The Kier molecular flexibility index (Phi) is 5.42. The van der Waals surface area contributed by atoms with Crippen LogP contribution in [0.3, 0.4) is 0 Å². The lowest BCUT2D eigenvalue weighted by molar-refractivity contribution is 1.21. The average molecular weight is 502 g/mol. The molecule has 2 heterocycles. The summed E-state index contributed by atoms with van der Waals surface area (Å²) in [4.78, 5) is 4.77. The summed E-state index contributed by atoms with van der Waals surface area (Å²) in [5.74, 6) is 0. The van der Waals surface area contributed by atoms with E-state index in [-0.39, 0.29) is 0 Å². The van der Waals surface area contributed by atoms with E-state index in [0.717, 1.165) is 17.0 Å². The summed E-state index contributed by atoms with van der Waals surface area (Å²) in [7, 11) is -2.49. The fraction of sp³-hybridized carbons (Fsp3) is 0.0278. The Balaban J connectivity index is 1.49. The summed E-state index contributed by atoms with van der Waals surface area (Å²) in [5.41, 5.74) is 8.38. The molecule has 5 aromatic carbocycles. The molecule has 1 nitrogen and oxygen atoms in total. The minimum absolute atomic E-state index is 1.01. The highest BCUT2D eigenvalue weighted by molar-refractivity contribution is 7.22. The quantitative estimate of drug-likeness (QED) is 0.266. The van der Waals surface area contributed by atoms with Gasteiger partial charge in [0, 0.05) is 11.3 Å². The minimum atomic E-state index is -2.49. The summed E-state index contributed by atoms with van der Waals surface area (Å²) in [6.07, 6.45) is 0. The molecule has 0 saturated heterocycles. The smallest absolute Gasteiger partial charge is 0.180 e. The topological polar surface area (TPSA) is 12.9 Å². The van der Waals surface area contributed by atoms with Crippen LogP contribution in [-0.4, -0.2) is 13.1 Å². The molecule has 0 spiro atoms. The van der Waals surface area contributed by atoms with Gasteiger partial charge in [-0.15, -0.1) is 0 Å². The number of aromatic nitrogens is 1. The molecule has 38 heavy (non-hydrogen) atoms. The van der Waals surface area contributed by atoms with Gasteiger partial charge >= 0.3 is 0 Å². The highest BCUT2D eigenvalue weighted by atomic mass is 28.3. The SMILES string of the molecule is Cc1cccc(-c2cccc(-c3ccc4c(c3)[Si](c3ccccc3)(c3ccccc3)c3ccccc3-4)c2)n1. The van der Waals surface area contributed by atoms with Crippen LogP contribution < -0.4 is 20.7 Å². The predicted molar refractivity (Wildman–Crippen MR) is 162 cm³/mol. The highest BCUT2D eigenvalue weighted by Crippen LogP contribution is 2.32. The summed E-state index contributed by atoms with van der Waals surface area (Å²) < 4.78 is 0. The van der Waals surface area contributed by atoms with Crippen molar-refractivity contribution in [3.05, 3.63) is 151 Å². The molecule has 0 aliphatic carbocycles. The number of hydrogen-bond donors (Lipinski definition) is 0. The van der Waals surface area contributed by atoms with Crippen LogP contribution in [0, 0.1) is 6.92 Å². The maximum absolute atomic E-state index is 4.77. The van der Waals surface area contributed by atoms with E-state index in [1.807, 2.05) is 13.0 Å². The second-order valence-corrected chi connectivity index (χ2v) is 13.8. The zero-order chi connectivity index (χ0) is 25.5. The number of hydrogen-bond acceptors (Lipinski definition) is 1. The van der Waals surface area contributed by atoms with Gasteiger partial charge in [0.05, 0.1) is 5.69 Å². The fourth-order valence-electron chi connectivity index (χ4n) is 6.19. The number of pyridine rings is 1. The van der Waals surface area contributed by atoms with Gasteiger partial charge < -0.3 is 0 Å². The van der Waals surface area contributed by atoms with Gasteiger partial charge in [-0.05, 0) is 68.1 Å². The predicted octanol–water partition coefficient (Wildman–Crippen LogP) is 6.08. The number of aryl methyl sites for hydroxylation is 1. The van der Waals surface area contributed by atoms with E-state index in [9.17, 15) is 0 Å². The van der Waals surface area contributed by atoms with Crippen LogP contribution in [0.15, 0.2) is 146 Å². The third-order valence-electron chi connectivity index (χ3n) is 7.84. The van der Waals surface area contributed by atoms with E-state index in [2.05, 4.69) is 140 Å². The molecule has 1 aliphatic heterocycles. The second-order valence-electron chi connectivity index (χ2n) is 10.0. The van der Waals surface area contributed by atoms with E-state index < -0.39 is 8.07 Å². The van der Waals surface area contributed by atoms with Gasteiger partial charge in [-0.3, -0.25) is 4.98 Å². The van der Waals surface area contributed by atoms with Gasteiger partial charge in [-0.1, -0.05) is 127 Å². The molecule has 6 aromatic rings. The monoisotopic (exact) mass is 501 g/mol. The first-order valence-electron chi connectivity index (χ1n) is 13.1. The molecule has 1 aromatic heterocycles. The molecule has 7 rings (SSSR count). The molecule has 1 aliphatic rings. The molecule has 0 amide bonds. The van der Waals surface area contributed by atoms with E-state index in [1.165, 1.54) is 43.0 Å². The van der Waals surface area contributed by atoms with Gasteiger partial charge in [-0.25, -0.2) is 0 Å². The lowest BCUT2D eigenvalue weighted by atomic mass is 9.98.